The highest BCUT2D eigenvalue weighted by Crippen LogP contribution is 2.69. The zero-order chi connectivity index (χ0) is 20.6. The van der Waals surface area contributed by atoms with Gasteiger partial charge in [0.1, 0.15) is 6.42 Å². The number of esters is 2. The summed E-state index contributed by atoms with van der Waals surface area (Å²) in [5.41, 5.74) is 1.87. The third-order valence-corrected chi connectivity index (χ3v) is 9.24. The molecule has 2 saturated carbocycles. The molecule has 0 bridgehead atoms. The number of allylic oxidation sites excluding steroid dienone is 4. The molecule has 6 atom stereocenters. The first-order chi connectivity index (χ1) is 13.7. The van der Waals surface area contributed by atoms with Crippen LogP contribution in [0.3, 0.4) is 0 Å². The Bertz CT molecular complexity index is 868. The predicted molar refractivity (Wildman–Crippen MR) is 108 cm³/mol. The molecule has 5 heteroatoms. The van der Waals surface area contributed by atoms with Gasteiger partial charge in [-0.2, -0.15) is 0 Å². The number of carbonyl (C=O) groups is 2. The minimum atomic E-state index is -0.329. The quantitative estimate of drug-likeness (QED) is 0.381. The van der Waals surface area contributed by atoms with Crippen molar-refractivity contribution in [2.75, 3.05) is 7.11 Å². The molecule has 0 aromatic heterocycles. The highest BCUT2D eigenvalue weighted by Gasteiger charge is 2.70. The smallest absolute Gasteiger partial charge is 0.469 e. The van der Waals surface area contributed by atoms with Gasteiger partial charge in [0.05, 0.1) is 13.0 Å². The molecular formula is C24H31O5+. The van der Waals surface area contributed by atoms with Crippen molar-refractivity contribution in [1.82, 2.24) is 0 Å². The van der Waals surface area contributed by atoms with Gasteiger partial charge in [-0.25, -0.2) is 0 Å². The molecule has 3 fully saturated rings. The van der Waals surface area contributed by atoms with E-state index in [0.29, 0.717) is 25.2 Å². The van der Waals surface area contributed by atoms with Crippen molar-refractivity contribution in [2.24, 2.45) is 28.6 Å². The minimum Gasteiger partial charge on any atom is -0.469 e. The van der Waals surface area contributed by atoms with Crippen molar-refractivity contribution < 1.29 is 23.9 Å². The fourth-order valence-electron chi connectivity index (χ4n) is 7.54. The largest absolute Gasteiger partial charge is 0.483 e. The molecule has 1 heterocycles. The maximum atomic E-state index is 12.9. The van der Waals surface area contributed by atoms with E-state index in [1.807, 2.05) is 0 Å². The molecule has 1 saturated heterocycles. The van der Waals surface area contributed by atoms with Gasteiger partial charge in [0.2, 0.25) is 5.60 Å². The van der Waals surface area contributed by atoms with E-state index in [-0.39, 0.29) is 46.0 Å². The average Bonchev–Trinajstić information content (AvgIpc) is 3.22. The number of hydrogen-bond acceptors (Lipinski definition) is 4. The van der Waals surface area contributed by atoms with Gasteiger partial charge in [-0.1, -0.05) is 31.1 Å². The fraction of sp³-hybridized carbons (Fsp3) is 0.708. The lowest BCUT2D eigenvalue weighted by molar-refractivity contribution is -0.151. The van der Waals surface area contributed by atoms with Crippen LogP contribution in [0, 0.1) is 28.6 Å². The summed E-state index contributed by atoms with van der Waals surface area (Å²) < 4.78 is 11.3. The highest BCUT2D eigenvalue weighted by atomic mass is 16.6. The number of carbonyl (C=O) groups excluding carboxylic acids is 3. The van der Waals surface area contributed by atoms with E-state index in [0.717, 1.165) is 37.7 Å². The Morgan fingerprint density at radius 3 is 2.72 bits per heavy atom. The highest BCUT2D eigenvalue weighted by molar-refractivity contribution is 5.92. The Balaban J connectivity index is 1.63. The molecule has 5 rings (SSSR count). The van der Waals surface area contributed by atoms with Gasteiger partial charge in [0.25, 0.3) is 0 Å². The van der Waals surface area contributed by atoms with Crippen LogP contribution in [0.15, 0.2) is 23.3 Å². The average molecular weight is 400 g/mol. The van der Waals surface area contributed by atoms with Crippen LogP contribution in [0.4, 0.5) is 0 Å². The topological polar surface area (TPSA) is 74.0 Å². The third kappa shape index (κ3) is 2.36. The number of ether oxygens (including phenoxy) is 2. The van der Waals surface area contributed by atoms with Gasteiger partial charge in [-0.3, -0.25) is 9.59 Å². The van der Waals surface area contributed by atoms with Gasteiger partial charge in [0.15, 0.2) is 5.78 Å². The van der Waals surface area contributed by atoms with E-state index in [9.17, 15) is 14.4 Å². The Labute approximate surface area is 171 Å². The molecule has 0 aromatic rings. The van der Waals surface area contributed by atoms with Crippen molar-refractivity contribution in [1.29, 1.82) is 0 Å². The lowest BCUT2D eigenvalue weighted by Gasteiger charge is -2.55. The van der Waals surface area contributed by atoms with Crippen LogP contribution in [0.2, 0.25) is 0 Å². The van der Waals surface area contributed by atoms with E-state index < -0.39 is 0 Å². The van der Waals surface area contributed by atoms with E-state index in [2.05, 4.69) is 19.9 Å². The van der Waals surface area contributed by atoms with Crippen LogP contribution in [0.25, 0.3) is 0 Å². The van der Waals surface area contributed by atoms with Crippen molar-refractivity contribution in [3.63, 3.8) is 0 Å². The molecule has 156 valence electrons. The number of rotatable bonds is 1. The Hall–Kier alpha value is -1.91. The first kappa shape index (κ1) is 19.1. The second-order valence-electron chi connectivity index (χ2n) is 10.2. The Morgan fingerprint density at radius 1 is 1.24 bits per heavy atom. The van der Waals surface area contributed by atoms with Gasteiger partial charge < -0.3 is 14.3 Å². The van der Waals surface area contributed by atoms with Crippen molar-refractivity contribution in [3.8, 4) is 0 Å². The van der Waals surface area contributed by atoms with Gasteiger partial charge in [-0.05, 0) is 43.6 Å². The van der Waals surface area contributed by atoms with E-state index in [4.69, 9.17) is 9.47 Å². The van der Waals surface area contributed by atoms with E-state index in [1.54, 1.807) is 6.08 Å². The summed E-state index contributed by atoms with van der Waals surface area (Å²) in [6.07, 6.45) is 10.4. The molecule has 0 radical (unpaired) electrons. The number of hydrogen-bond donors (Lipinski definition) is 0. The summed E-state index contributed by atoms with van der Waals surface area (Å²) in [6.45, 7) is 4.56. The normalized spacial score (nSPS) is 45.7. The van der Waals surface area contributed by atoms with Crippen LogP contribution in [-0.4, -0.2) is 35.2 Å². The number of methoxy groups -OCH3 is 1. The van der Waals surface area contributed by atoms with Crippen molar-refractivity contribution in [2.45, 2.75) is 70.8 Å². The van der Waals surface area contributed by atoms with Crippen molar-refractivity contribution >= 4 is 17.7 Å². The molecule has 0 amide bonds. The van der Waals surface area contributed by atoms with Crippen LogP contribution in [-0.2, 0) is 19.1 Å². The summed E-state index contributed by atoms with van der Waals surface area (Å²) in [5, 5.41) is 0. The second kappa shape index (κ2) is 6.05. The zero-order valence-corrected chi connectivity index (χ0v) is 17.6. The summed E-state index contributed by atoms with van der Waals surface area (Å²) in [5.74, 6) is 0.337. The summed E-state index contributed by atoms with van der Waals surface area (Å²) in [7, 11) is 1.46. The summed E-state index contributed by atoms with van der Waals surface area (Å²) in [4.78, 5) is 35.1. The Kier molecular flexibility index (Phi) is 3.98. The lowest BCUT2D eigenvalue weighted by Crippen LogP contribution is -2.53. The van der Waals surface area contributed by atoms with Crippen LogP contribution in [0.1, 0.15) is 65.2 Å². The number of fused-ring (bicyclic) bond motifs is 6. The summed E-state index contributed by atoms with van der Waals surface area (Å²) in [6, 6.07) is 0. The predicted octanol–water partition coefficient (Wildman–Crippen LogP) is 3.89. The van der Waals surface area contributed by atoms with Gasteiger partial charge in [-0.15, -0.1) is 0 Å². The van der Waals surface area contributed by atoms with Crippen LogP contribution >= 0.6 is 0 Å². The molecule has 2 unspecified atom stereocenters. The monoisotopic (exact) mass is 399 g/mol. The standard InChI is InChI=1S/C24H30O5/c1-22-8-4-15(25)12-14(22)13-16(21(27)28-3)20-17(22)5-9-23(2)18(20)6-10-24(23)11-7-19(26)29-24/h5,12,16,18,20H,4,6-11,13H2,1-3H3/p+1/t16-,18?,20?,22+,23+,24-/m1/s1. The van der Waals surface area contributed by atoms with Gasteiger partial charge >= 0.3 is 11.9 Å². The molecule has 1 spiro atoms. The fourth-order valence-corrected chi connectivity index (χ4v) is 7.54. The maximum absolute atomic E-state index is 12.9. The number of ketones is 1. The molecule has 0 aromatic carbocycles. The molecule has 4 aliphatic carbocycles. The first-order valence-corrected chi connectivity index (χ1v) is 11.0. The van der Waals surface area contributed by atoms with E-state index in [1.165, 1.54) is 12.7 Å². The lowest BCUT2D eigenvalue weighted by atomic mass is 9.48. The van der Waals surface area contributed by atoms with Crippen molar-refractivity contribution in [3.05, 3.63) is 23.3 Å². The minimum absolute atomic E-state index is 0.111. The first-order valence-electron chi connectivity index (χ1n) is 11.0. The molecule has 5 nitrogen and oxygen atoms in total. The second-order valence-corrected chi connectivity index (χ2v) is 10.2. The SMILES string of the molecule is COC(=O)[C@@H]1CC2=CC(=O)CC[C@]2(C)C2=CC[C@@]3(C)C(CC[C@@]34CCC(=[OH+])O4)C21. The van der Waals surface area contributed by atoms with E-state index >= 15 is 0 Å². The molecule has 5 aliphatic rings. The maximum Gasteiger partial charge on any atom is 0.483 e. The molecular weight excluding hydrogens is 368 g/mol. The third-order valence-electron chi connectivity index (χ3n) is 9.24. The molecule has 1 N–H and O–H groups in total. The van der Waals surface area contributed by atoms with Crippen LogP contribution in [0.5, 0.6) is 0 Å². The molecule has 29 heavy (non-hydrogen) atoms. The zero-order valence-electron chi connectivity index (χ0n) is 17.6. The van der Waals surface area contributed by atoms with Crippen LogP contribution < -0.4 is 0 Å². The molecule has 1 aliphatic heterocycles. The Morgan fingerprint density at radius 2 is 2.03 bits per heavy atom. The summed E-state index contributed by atoms with van der Waals surface area (Å²) >= 11 is 0. The van der Waals surface area contributed by atoms with Gasteiger partial charge in [0, 0.05) is 30.1 Å².